The number of hydrogen-bond donors (Lipinski definition) is 1. The molecule has 33 heavy (non-hydrogen) atoms. The topological polar surface area (TPSA) is 87.2 Å². The highest BCUT2D eigenvalue weighted by Crippen LogP contribution is 2.38. The van der Waals surface area contributed by atoms with Crippen LogP contribution in [-0.2, 0) is 14.8 Å². The van der Waals surface area contributed by atoms with Crippen molar-refractivity contribution in [3.8, 4) is 5.75 Å². The molecule has 1 amide bonds. The standard InChI is InChI=1S/C25H36N2O5S/c1-17-14-27(18(2)16-28)33(30,31)24-11-10-21(20-6-4-5-7-20)13-22(24)32-23(17)15-26(3)25(29)12-19-8-9-19/h6,10-11,13,17-19,23,28H,4-5,7-9,12,14-16H2,1-3H3/t17-,18-,23-/m1/s1. The van der Waals surface area contributed by atoms with Crippen LogP contribution >= 0.6 is 0 Å². The van der Waals surface area contributed by atoms with Gasteiger partial charge in [-0.15, -0.1) is 0 Å². The number of sulfonamides is 1. The van der Waals surface area contributed by atoms with Crippen LogP contribution in [0.25, 0.3) is 5.57 Å². The Morgan fingerprint density at radius 2 is 2.09 bits per heavy atom. The molecule has 4 rings (SSSR count). The Hall–Kier alpha value is -1.90. The quantitative estimate of drug-likeness (QED) is 0.653. The van der Waals surface area contributed by atoms with E-state index in [1.807, 2.05) is 19.1 Å². The molecule has 0 unspecified atom stereocenters. The first-order chi connectivity index (χ1) is 15.7. The normalized spacial score (nSPS) is 25.9. The Morgan fingerprint density at radius 3 is 2.73 bits per heavy atom. The third-order valence-corrected chi connectivity index (χ3v) is 9.14. The van der Waals surface area contributed by atoms with Crippen molar-refractivity contribution in [1.82, 2.24) is 9.21 Å². The van der Waals surface area contributed by atoms with Crippen LogP contribution in [0.1, 0.15) is 57.9 Å². The highest BCUT2D eigenvalue weighted by atomic mass is 32.2. The van der Waals surface area contributed by atoms with E-state index < -0.39 is 16.1 Å². The molecule has 1 aromatic carbocycles. The predicted molar refractivity (Wildman–Crippen MR) is 127 cm³/mol. The van der Waals surface area contributed by atoms with Gasteiger partial charge in [-0.2, -0.15) is 4.31 Å². The zero-order chi connectivity index (χ0) is 23.8. The Kier molecular flexibility index (Phi) is 7.17. The van der Waals surface area contributed by atoms with Crippen LogP contribution in [0.4, 0.5) is 0 Å². The van der Waals surface area contributed by atoms with Crippen molar-refractivity contribution < 1.29 is 23.1 Å². The van der Waals surface area contributed by atoms with E-state index in [2.05, 4.69) is 6.08 Å². The van der Waals surface area contributed by atoms with E-state index in [4.69, 9.17) is 4.74 Å². The summed E-state index contributed by atoms with van der Waals surface area (Å²) in [6.45, 7) is 4.00. The highest BCUT2D eigenvalue weighted by Gasteiger charge is 2.38. The number of carbonyl (C=O) groups excluding carboxylic acids is 1. The Labute approximate surface area is 197 Å². The van der Waals surface area contributed by atoms with Crippen LogP contribution in [0.2, 0.25) is 0 Å². The average molecular weight is 477 g/mol. The number of carbonyl (C=O) groups is 1. The number of aliphatic hydroxyl groups is 1. The second-order valence-electron chi connectivity index (χ2n) is 9.94. The fraction of sp³-hybridized carbons (Fsp3) is 0.640. The van der Waals surface area contributed by atoms with E-state index in [9.17, 15) is 18.3 Å². The van der Waals surface area contributed by atoms with Crippen molar-refractivity contribution in [2.75, 3.05) is 26.7 Å². The van der Waals surface area contributed by atoms with Crippen LogP contribution in [0.5, 0.6) is 5.75 Å². The van der Waals surface area contributed by atoms with Gasteiger partial charge in [0.1, 0.15) is 16.7 Å². The lowest BCUT2D eigenvalue weighted by molar-refractivity contribution is -0.131. The van der Waals surface area contributed by atoms with Crippen LogP contribution in [0, 0.1) is 11.8 Å². The molecule has 0 saturated heterocycles. The van der Waals surface area contributed by atoms with Crippen molar-refractivity contribution in [3.05, 3.63) is 29.8 Å². The van der Waals surface area contributed by atoms with Crippen LogP contribution in [0.3, 0.4) is 0 Å². The van der Waals surface area contributed by atoms with Crippen molar-refractivity contribution in [2.24, 2.45) is 11.8 Å². The number of ether oxygens (including phenoxy) is 1. The molecule has 1 aliphatic heterocycles. The summed E-state index contributed by atoms with van der Waals surface area (Å²) in [5, 5.41) is 9.78. The van der Waals surface area contributed by atoms with Gasteiger partial charge in [0.15, 0.2) is 0 Å². The summed E-state index contributed by atoms with van der Waals surface area (Å²) < 4.78 is 34.9. The first-order valence-electron chi connectivity index (χ1n) is 12.1. The fourth-order valence-corrected chi connectivity index (χ4v) is 6.50. The van der Waals surface area contributed by atoms with Gasteiger partial charge >= 0.3 is 0 Å². The van der Waals surface area contributed by atoms with Crippen LogP contribution in [0.15, 0.2) is 29.2 Å². The monoisotopic (exact) mass is 476 g/mol. The van der Waals surface area contributed by atoms with Gasteiger partial charge in [-0.25, -0.2) is 8.42 Å². The maximum absolute atomic E-state index is 13.6. The number of nitrogens with zero attached hydrogens (tertiary/aromatic N) is 2. The molecule has 3 aliphatic rings. The first kappa shape index (κ1) is 24.2. The van der Waals surface area contributed by atoms with E-state index in [-0.39, 0.29) is 36.0 Å². The second-order valence-corrected chi connectivity index (χ2v) is 11.8. The van der Waals surface area contributed by atoms with Gasteiger partial charge in [-0.1, -0.05) is 19.1 Å². The molecule has 1 heterocycles. The molecule has 182 valence electrons. The summed E-state index contributed by atoms with van der Waals surface area (Å²) in [7, 11) is -2.06. The molecule has 0 bridgehead atoms. The number of hydrogen-bond acceptors (Lipinski definition) is 5. The van der Waals surface area contributed by atoms with E-state index >= 15 is 0 Å². The minimum atomic E-state index is -3.85. The summed E-state index contributed by atoms with van der Waals surface area (Å²) in [6, 6.07) is 4.76. The van der Waals surface area contributed by atoms with Crippen molar-refractivity contribution in [1.29, 1.82) is 0 Å². The van der Waals surface area contributed by atoms with Gasteiger partial charge in [0, 0.05) is 32.0 Å². The zero-order valence-corrected chi connectivity index (χ0v) is 20.7. The number of allylic oxidation sites excluding steroid dienone is 2. The zero-order valence-electron chi connectivity index (χ0n) is 19.9. The molecular formula is C25H36N2O5S. The summed E-state index contributed by atoms with van der Waals surface area (Å²) in [5.74, 6) is 0.765. The minimum Gasteiger partial charge on any atom is -0.487 e. The third-order valence-electron chi connectivity index (χ3n) is 7.12. The van der Waals surface area contributed by atoms with E-state index in [1.54, 1.807) is 24.9 Å². The van der Waals surface area contributed by atoms with E-state index in [0.717, 1.165) is 37.7 Å². The number of rotatable bonds is 7. The van der Waals surface area contributed by atoms with Gasteiger partial charge in [-0.3, -0.25) is 4.79 Å². The molecule has 7 nitrogen and oxygen atoms in total. The maximum Gasteiger partial charge on any atom is 0.247 e. The fourth-order valence-electron chi connectivity index (χ4n) is 4.67. The summed E-state index contributed by atoms with van der Waals surface area (Å²) >= 11 is 0. The van der Waals surface area contributed by atoms with Gasteiger partial charge in [-0.05, 0) is 68.2 Å². The summed E-state index contributed by atoms with van der Waals surface area (Å²) in [5.41, 5.74) is 2.19. The number of amides is 1. The molecule has 1 N–H and O–H groups in total. The Morgan fingerprint density at radius 1 is 1.33 bits per heavy atom. The number of fused-ring (bicyclic) bond motifs is 1. The second kappa shape index (κ2) is 9.76. The van der Waals surface area contributed by atoms with Gasteiger partial charge in [0.25, 0.3) is 0 Å². The molecule has 0 radical (unpaired) electrons. The first-order valence-corrected chi connectivity index (χ1v) is 13.5. The SMILES string of the molecule is C[C@@H]1CN([C@H](C)CO)S(=O)(=O)c2ccc(C3=CCCC3)cc2O[C@@H]1CN(C)C(=O)CC1CC1. The van der Waals surface area contributed by atoms with Gasteiger partial charge in [0.05, 0.1) is 13.2 Å². The number of benzene rings is 1. The van der Waals surface area contributed by atoms with Crippen molar-refractivity contribution in [3.63, 3.8) is 0 Å². The molecule has 3 atom stereocenters. The molecule has 0 aromatic heterocycles. The van der Waals surface area contributed by atoms with E-state index in [1.165, 1.54) is 9.88 Å². The molecule has 1 saturated carbocycles. The largest absolute Gasteiger partial charge is 0.487 e. The lowest BCUT2D eigenvalue weighted by atomic mass is 10.0. The van der Waals surface area contributed by atoms with Gasteiger partial charge < -0.3 is 14.7 Å². The Bertz CT molecular complexity index is 1020. The molecule has 2 aliphatic carbocycles. The average Bonchev–Trinajstić information content (AvgIpc) is 3.43. The van der Waals surface area contributed by atoms with Crippen molar-refractivity contribution >= 4 is 21.5 Å². The Balaban J connectivity index is 1.69. The third kappa shape index (κ3) is 5.28. The number of likely N-dealkylation sites (N-methyl/N-ethyl adjacent to an activating group) is 1. The highest BCUT2D eigenvalue weighted by molar-refractivity contribution is 7.89. The maximum atomic E-state index is 13.6. The molecular weight excluding hydrogens is 440 g/mol. The van der Waals surface area contributed by atoms with E-state index in [0.29, 0.717) is 24.6 Å². The molecule has 0 spiro atoms. The van der Waals surface area contributed by atoms with Crippen molar-refractivity contribution in [2.45, 2.75) is 69.4 Å². The smallest absolute Gasteiger partial charge is 0.247 e. The number of aliphatic hydroxyl groups excluding tert-OH is 1. The summed E-state index contributed by atoms with van der Waals surface area (Å²) in [4.78, 5) is 14.5. The molecule has 8 heteroatoms. The lowest BCUT2D eigenvalue weighted by Crippen LogP contribution is -2.50. The summed E-state index contributed by atoms with van der Waals surface area (Å²) in [6.07, 6.45) is 7.73. The lowest BCUT2D eigenvalue weighted by Gasteiger charge is -2.37. The molecule has 1 fully saturated rings. The molecule has 1 aromatic rings. The predicted octanol–water partition coefficient (Wildman–Crippen LogP) is 3.28. The minimum absolute atomic E-state index is 0.105. The van der Waals surface area contributed by atoms with Crippen LogP contribution in [-0.4, -0.2) is 67.5 Å². The van der Waals surface area contributed by atoms with Crippen LogP contribution < -0.4 is 4.74 Å². The van der Waals surface area contributed by atoms with Gasteiger partial charge in [0.2, 0.25) is 15.9 Å².